The van der Waals surface area contributed by atoms with E-state index >= 15 is 0 Å². The molecule has 60 heavy (non-hydrogen) atoms. The van der Waals surface area contributed by atoms with Gasteiger partial charge in [-0.05, 0) is 122 Å². The summed E-state index contributed by atoms with van der Waals surface area (Å²) >= 11 is 1.90. The molecule has 0 atom stereocenters. The van der Waals surface area contributed by atoms with Gasteiger partial charge in [-0.1, -0.05) is 135 Å². The van der Waals surface area contributed by atoms with Gasteiger partial charge < -0.3 is 8.98 Å². The van der Waals surface area contributed by atoms with Gasteiger partial charge in [-0.25, -0.2) is 0 Å². The second-order valence-electron chi connectivity index (χ2n) is 16.9. The van der Waals surface area contributed by atoms with E-state index in [-0.39, 0.29) is 5.41 Å². The summed E-state index contributed by atoms with van der Waals surface area (Å²) in [6, 6.07) is 69.3. The maximum atomic E-state index is 6.21. The molecule has 3 heterocycles. The molecule has 12 aromatic rings. The first-order chi connectivity index (χ1) is 29.5. The first-order valence-corrected chi connectivity index (χ1v) is 21.6. The lowest BCUT2D eigenvalue weighted by molar-refractivity contribution is 0.666. The summed E-state index contributed by atoms with van der Waals surface area (Å²) in [4.78, 5) is 0. The van der Waals surface area contributed by atoms with Crippen LogP contribution in [0.4, 0.5) is 0 Å². The Morgan fingerprint density at radius 1 is 0.417 bits per heavy atom. The molecule has 0 bridgehead atoms. The zero-order valence-corrected chi connectivity index (χ0v) is 34.0. The molecule has 0 fully saturated rings. The summed E-state index contributed by atoms with van der Waals surface area (Å²) in [6.07, 6.45) is 0. The van der Waals surface area contributed by atoms with Crippen molar-refractivity contribution in [3.05, 3.63) is 199 Å². The summed E-state index contributed by atoms with van der Waals surface area (Å²) in [5, 5.41) is 7.52. The van der Waals surface area contributed by atoms with Crippen molar-refractivity contribution in [3.8, 4) is 50.2 Å². The van der Waals surface area contributed by atoms with E-state index in [2.05, 4.69) is 194 Å². The van der Waals surface area contributed by atoms with Gasteiger partial charge in [-0.3, -0.25) is 0 Å². The molecule has 0 radical (unpaired) electrons. The van der Waals surface area contributed by atoms with Gasteiger partial charge in [0.1, 0.15) is 11.2 Å². The van der Waals surface area contributed by atoms with Gasteiger partial charge in [0.25, 0.3) is 0 Å². The molecular weight excluding hydrogens is 747 g/mol. The summed E-state index contributed by atoms with van der Waals surface area (Å²) < 4.78 is 11.4. The van der Waals surface area contributed by atoms with Crippen molar-refractivity contribution in [2.75, 3.05) is 0 Å². The Kier molecular flexibility index (Phi) is 6.98. The molecule has 0 amide bonds. The Labute approximate surface area is 351 Å². The van der Waals surface area contributed by atoms with E-state index in [9.17, 15) is 0 Å². The number of rotatable bonds is 4. The summed E-state index contributed by atoms with van der Waals surface area (Å²) in [5.74, 6) is 0. The molecule has 2 nitrogen and oxygen atoms in total. The largest absolute Gasteiger partial charge is 0.456 e. The number of benzene rings is 9. The van der Waals surface area contributed by atoms with E-state index in [1.54, 1.807) is 0 Å². The summed E-state index contributed by atoms with van der Waals surface area (Å²) in [6.45, 7) is 4.84. The maximum absolute atomic E-state index is 6.21. The highest BCUT2D eigenvalue weighted by Gasteiger charge is 2.38. The molecular formula is C57H37NOS. The van der Waals surface area contributed by atoms with Crippen LogP contribution in [0.1, 0.15) is 25.0 Å². The third-order valence-electron chi connectivity index (χ3n) is 13.2. The van der Waals surface area contributed by atoms with Gasteiger partial charge >= 0.3 is 0 Å². The quantitative estimate of drug-likeness (QED) is 0.174. The molecule has 3 aromatic heterocycles. The predicted molar refractivity (Wildman–Crippen MR) is 255 cm³/mol. The number of furan rings is 1. The molecule has 0 N–H and O–H groups in total. The number of thiophene rings is 1. The van der Waals surface area contributed by atoms with Crippen LogP contribution in [0.25, 0.3) is 114 Å². The second kappa shape index (κ2) is 12.4. The number of para-hydroxylation sites is 1. The van der Waals surface area contributed by atoms with Crippen LogP contribution in [0, 0.1) is 0 Å². The molecule has 0 spiro atoms. The molecule has 9 aromatic carbocycles. The minimum absolute atomic E-state index is 0.176. The van der Waals surface area contributed by atoms with E-state index < -0.39 is 0 Å². The third kappa shape index (κ3) is 4.81. The number of hydrogen-bond donors (Lipinski definition) is 0. The van der Waals surface area contributed by atoms with Gasteiger partial charge in [0.15, 0.2) is 0 Å². The lowest BCUT2D eigenvalue weighted by atomic mass is 9.80. The zero-order valence-electron chi connectivity index (χ0n) is 33.2. The van der Waals surface area contributed by atoms with E-state index in [0.29, 0.717) is 0 Å². The molecule has 1 aliphatic carbocycles. The van der Waals surface area contributed by atoms with E-state index in [1.807, 2.05) is 23.5 Å². The Morgan fingerprint density at radius 3 is 1.75 bits per heavy atom. The monoisotopic (exact) mass is 783 g/mol. The topological polar surface area (TPSA) is 18.1 Å². The SMILES string of the molecule is CC1(C)c2cc(-n3c4ccc(-c5ccc(-c6ccccc6)cc5)cc4c4cc(-c5ccc6oc7ccccc7c6c5)ccc43)ccc2-c2ccc3sc4ccccc4c3c21. The standard InChI is InChI=1S/C57H37NOS/c1-57(2)48-33-40(23-24-41(48)43-25-29-54-55(56(43)57)44-13-7-9-15-53(44)60-54)58-49-26-20-37(36-18-16-35(17-19-36)34-10-4-3-5-11-34)30-45(49)46-31-38(21-27-50(46)58)39-22-28-52-47(32-39)42-12-6-8-14-51(42)59-52/h3-33H,1-2H3. The van der Waals surface area contributed by atoms with Crippen LogP contribution >= 0.6 is 11.3 Å². The maximum Gasteiger partial charge on any atom is 0.135 e. The van der Waals surface area contributed by atoms with Crippen molar-refractivity contribution in [2.45, 2.75) is 19.3 Å². The number of hydrogen-bond acceptors (Lipinski definition) is 2. The molecule has 0 aliphatic heterocycles. The molecule has 13 rings (SSSR count). The molecule has 282 valence electrons. The average molecular weight is 784 g/mol. The number of aromatic nitrogens is 1. The van der Waals surface area contributed by atoms with Crippen molar-refractivity contribution in [2.24, 2.45) is 0 Å². The first kappa shape index (κ1) is 33.7. The van der Waals surface area contributed by atoms with Crippen LogP contribution in [0.15, 0.2) is 192 Å². The number of fused-ring (bicyclic) bond motifs is 13. The molecule has 0 saturated heterocycles. The zero-order chi connectivity index (χ0) is 39.7. The highest BCUT2D eigenvalue weighted by molar-refractivity contribution is 7.25. The number of nitrogens with zero attached hydrogens (tertiary/aromatic N) is 1. The summed E-state index contributed by atoms with van der Waals surface area (Å²) in [5.41, 5.74) is 18.0. The molecule has 1 aliphatic rings. The van der Waals surface area contributed by atoms with Gasteiger partial charge in [0.2, 0.25) is 0 Å². The van der Waals surface area contributed by atoms with Crippen LogP contribution in [0.2, 0.25) is 0 Å². The first-order valence-electron chi connectivity index (χ1n) is 20.7. The van der Waals surface area contributed by atoms with Gasteiger partial charge in [0, 0.05) is 52.8 Å². The van der Waals surface area contributed by atoms with Gasteiger partial charge in [-0.15, -0.1) is 11.3 Å². The van der Waals surface area contributed by atoms with Crippen molar-refractivity contribution >= 4 is 75.3 Å². The van der Waals surface area contributed by atoms with Crippen LogP contribution in [-0.4, -0.2) is 4.57 Å². The highest BCUT2D eigenvalue weighted by Crippen LogP contribution is 2.54. The van der Waals surface area contributed by atoms with E-state index in [4.69, 9.17) is 4.42 Å². The van der Waals surface area contributed by atoms with Crippen molar-refractivity contribution in [3.63, 3.8) is 0 Å². The van der Waals surface area contributed by atoms with Crippen LogP contribution in [-0.2, 0) is 5.41 Å². The van der Waals surface area contributed by atoms with E-state index in [1.165, 1.54) is 103 Å². The van der Waals surface area contributed by atoms with E-state index in [0.717, 1.165) is 21.9 Å². The normalized spacial score (nSPS) is 13.3. The average Bonchev–Trinajstić information content (AvgIpc) is 4.02. The Morgan fingerprint density at radius 2 is 0.983 bits per heavy atom. The van der Waals surface area contributed by atoms with Gasteiger partial charge in [-0.2, -0.15) is 0 Å². The van der Waals surface area contributed by atoms with Crippen molar-refractivity contribution < 1.29 is 4.42 Å². The fourth-order valence-corrected chi connectivity index (χ4v) is 11.4. The molecule has 0 saturated carbocycles. The Bertz CT molecular complexity index is 3730. The van der Waals surface area contributed by atoms with Gasteiger partial charge in [0.05, 0.1) is 11.0 Å². The lowest BCUT2D eigenvalue weighted by Crippen LogP contribution is -2.15. The summed E-state index contributed by atoms with van der Waals surface area (Å²) in [7, 11) is 0. The van der Waals surface area contributed by atoms with Crippen molar-refractivity contribution in [1.82, 2.24) is 4.57 Å². The minimum atomic E-state index is -0.176. The minimum Gasteiger partial charge on any atom is -0.456 e. The van der Waals surface area contributed by atoms with Crippen LogP contribution in [0.5, 0.6) is 0 Å². The fourth-order valence-electron chi connectivity index (χ4n) is 10.3. The van der Waals surface area contributed by atoms with Crippen LogP contribution < -0.4 is 0 Å². The molecule has 3 heteroatoms. The second-order valence-corrected chi connectivity index (χ2v) is 17.9. The van der Waals surface area contributed by atoms with Crippen molar-refractivity contribution in [1.29, 1.82) is 0 Å². The smallest absolute Gasteiger partial charge is 0.135 e. The molecule has 0 unspecified atom stereocenters. The lowest BCUT2D eigenvalue weighted by Gasteiger charge is -2.23. The Balaban J connectivity index is 1.000. The van der Waals surface area contributed by atoms with Crippen LogP contribution in [0.3, 0.4) is 0 Å². The highest BCUT2D eigenvalue weighted by atomic mass is 32.1. The predicted octanol–water partition coefficient (Wildman–Crippen LogP) is 16.4. The fraction of sp³-hybridized carbons (Fsp3) is 0.0526. The Hall–Kier alpha value is -7.20. The third-order valence-corrected chi connectivity index (χ3v) is 14.3.